The van der Waals surface area contributed by atoms with Gasteiger partial charge in [-0.3, -0.25) is 9.36 Å². The van der Waals surface area contributed by atoms with Crippen molar-refractivity contribution in [1.29, 1.82) is 5.26 Å². The van der Waals surface area contributed by atoms with Crippen LogP contribution in [0.2, 0.25) is 0 Å². The number of imidazole rings is 1. The number of aryl methyl sites for hydroxylation is 1. The van der Waals surface area contributed by atoms with Crippen molar-refractivity contribution in [1.82, 2.24) is 24.1 Å². The van der Waals surface area contributed by atoms with Crippen molar-refractivity contribution in [2.75, 3.05) is 0 Å². The Bertz CT molecular complexity index is 1160. The number of fused-ring (bicyclic) bond motifs is 1. The first-order valence-corrected chi connectivity index (χ1v) is 9.74. The molecule has 7 nitrogen and oxygen atoms in total. The Hall–Kier alpha value is -3.22. The molecule has 30 heavy (non-hydrogen) atoms. The Morgan fingerprint density at radius 1 is 1.20 bits per heavy atom. The molecule has 0 saturated heterocycles. The lowest BCUT2D eigenvalue weighted by atomic mass is 9.81. The van der Waals surface area contributed by atoms with Crippen molar-refractivity contribution in [2.24, 2.45) is 5.92 Å². The molecular formula is C20H19F3N6O. The van der Waals surface area contributed by atoms with Crippen LogP contribution in [0.1, 0.15) is 50.0 Å². The van der Waals surface area contributed by atoms with E-state index in [-0.39, 0.29) is 42.8 Å². The molecule has 0 unspecified atom stereocenters. The van der Waals surface area contributed by atoms with Gasteiger partial charge in [0, 0.05) is 12.5 Å². The van der Waals surface area contributed by atoms with Gasteiger partial charge in [0.25, 0.3) is 5.56 Å². The number of nitriles is 1. The van der Waals surface area contributed by atoms with E-state index in [0.29, 0.717) is 23.7 Å². The second kappa shape index (κ2) is 7.55. The highest BCUT2D eigenvalue weighted by molar-refractivity contribution is 5.70. The number of alkyl halides is 3. The lowest BCUT2D eigenvalue weighted by Gasteiger charge is -2.30. The van der Waals surface area contributed by atoms with Gasteiger partial charge in [0.1, 0.15) is 17.6 Å². The van der Waals surface area contributed by atoms with Crippen molar-refractivity contribution in [3.05, 3.63) is 46.5 Å². The first-order chi connectivity index (χ1) is 14.3. The zero-order valence-electron chi connectivity index (χ0n) is 16.2. The summed E-state index contributed by atoms with van der Waals surface area (Å²) >= 11 is 0. The molecule has 0 aliphatic heterocycles. The van der Waals surface area contributed by atoms with Crippen molar-refractivity contribution in [3.8, 4) is 11.8 Å². The molecule has 10 heteroatoms. The topological polar surface area (TPSA) is 89.4 Å². The van der Waals surface area contributed by atoms with E-state index in [4.69, 9.17) is 5.26 Å². The van der Waals surface area contributed by atoms with Crippen LogP contribution < -0.4 is 5.56 Å². The molecule has 1 fully saturated rings. The fraction of sp³-hybridized carbons (Fsp3) is 0.450. The smallest absolute Gasteiger partial charge is 0.315 e. The van der Waals surface area contributed by atoms with Gasteiger partial charge in [0.05, 0.1) is 24.1 Å². The van der Waals surface area contributed by atoms with Crippen molar-refractivity contribution in [2.45, 2.75) is 51.2 Å². The van der Waals surface area contributed by atoms with Gasteiger partial charge >= 0.3 is 6.18 Å². The summed E-state index contributed by atoms with van der Waals surface area (Å²) in [5.41, 5.74) is 0.824. The quantitative estimate of drug-likeness (QED) is 0.649. The maximum Gasteiger partial charge on any atom is 0.391 e. The predicted octanol–water partition coefficient (Wildman–Crippen LogP) is 3.70. The fourth-order valence-corrected chi connectivity index (χ4v) is 4.03. The van der Waals surface area contributed by atoms with Crippen LogP contribution in [0, 0.1) is 17.2 Å². The second-order valence-corrected chi connectivity index (χ2v) is 7.42. The van der Waals surface area contributed by atoms with Crippen LogP contribution in [0.15, 0.2) is 29.5 Å². The zero-order valence-corrected chi connectivity index (χ0v) is 16.2. The molecule has 0 radical (unpaired) electrons. The van der Waals surface area contributed by atoms with Crippen LogP contribution in [0.25, 0.3) is 16.9 Å². The van der Waals surface area contributed by atoms with Gasteiger partial charge < -0.3 is 4.57 Å². The number of pyridine rings is 1. The van der Waals surface area contributed by atoms with Crippen LogP contribution in [0.5, 0.6) is 0 Å². The third kappa shape index (κ3) is 3.44. The number of nitrogens with zero attached hydrogens (tertiary/aromatic N) is 6. The summed E-state index contributed by atoms with van der Waals surface area (Å²) < 4.78 is 42.4. The SMILES string of the molecule is CCn1cnc2c(=O)n(-c3ccc(C#N)nc3)c(C3CCC(C(F)(F)F)CC3)nc21. The van der Waals surface area contributed by atoms with Crippen molar-refractivity contribution < 1.29 is 13.2 Å². The van der Waals surface area contributed by atoms with Gasteiger partial charge in [0.2, 0.25) is 0 Å². The molecule has 0 amide bonds. The first kappa shape index (κ1) is 20.1. The second-order valence-electron chi connectivity index (χ2n) is 7.42. The minimum Gasteiger partial charge on any atom is -0.315 e. The summed E-state index contributed by atoms with van der Waals surface area (Å²) in [4.78, 5) is 26.2. The minimum absolute atomic E-state index is 0.000728. The Morgan fingerprint density at radius 3 is 2.50 bits per heavy atom. The molecule has 156 valence electrons. The average Bonchev–Trinajstić information content (AvgIpc) is 3.17. The Labute approximate surface area is 169 Å². The molecule has 3 heterocycles. The summed E-state index contributed by atoms with van der Waals surface area (Å²) in [7, 11) is 0. The van der Waals surface area contributed by atoms with Gasteiger partial charge in [0.15, 0.2) is 11.2 Å². The van der Waals surface area contributed by atoms with E-state index in [1.807, 2.05) is 13.0 Å². The number of aromatic nitrogens is 5. The highest BCUT2D eigenvalue weighted by Gasteiger charge is 2.42. The number of hydrogen-bond donors (Lipinski definition) is 0. The van der Waals surface area contributed by atoms with Crippen molar-refractivity contribution >= 4 is 11.2 Å². The third-order valence-corrected chi connectivity index (χ3v) is 5.68. The monoisotopic (exact) mass is 416 g/mol. The molecule has 3 aromatic rings. The van der Waals surface area contributed by atoms with Crippen LogP contribution in [0.3, 0.4) is 0 Å². The van der Waals surface area contributed by atoms with E-state index in [2.05, 4.69) is 15.0 Å². The van der Waals surface area contributed by atoms with Gasteiger partial charge in [-0.05, 0) is 44.7 Å². The molecular weight excluding hydrogens is 397 g/mol. The Morgan fingerprint density at radius 2 is 1.93 bits per heavy atom. The van der Waals surface area contributed by atoms with Gasteiger partial charge in [-0.25, -0.2) is 15.0 Å². The van der Waals surface area contributed by atoms with E-state index in [1.54, 1.807) is 10.6 Å². The summed E-state index contributed by atoms with van der Waals surface area (Å²) in [6.45, 7) is 2.46. The first-order valence-electron chi connectivity index (χ1n) is 9.74. The molecule has 1 aliphatic rings. The van der Waals surface area contributed by atoms with E-state index < -0.39 is 17.7 Å². The standard InChI is InChI=1S/C20H19F3N6O/c1-2-28-11-26-16-18(28)27-17(12-3-5-13(6-4-12)20(21,22)23)29(19(16)30)15-8-7-14(9-24)25-10-15/h7-8,10-13H,2-6H2,1H3. The van der Waals surface area contributed by atoms with Crippen LogP contribution in [-0.4, -0.2) is 30.3 Å². The highest BCUT2D eigenvalue weighted by atomic mass is 19.4. The predicted molar refractivity (Wildman–Crippen MR) is 102 cm³/mol. The van der Waals surface area contributed by atoms with E-state index in [1.165, 1.54) is 23.2 Å². The molecule has 0 atom stereocenters. The van der Waals surface area contributed by atoms with Gasteiger partial charge in [-0.15, -0.1) is 0 Å². The molecule has 0 N–H and O–H groups in total. The summed E-state index contributed by atoms with van der Waals surface area (Å²) in [6.07, 6.45) is -0.709. The molecule has 0 aromatic carbocycles. The Balaban J connectivity index is 1.84. The van der Waals surface area contributed by atoms with Crippen LogP contribution in [0.4, 0.5) is 13.2 Å². The van der Waals surface area contributed by atoms with Crippen molar-refractivity contribution in [3.63, 3.8) is 0 Å². The maximum absolute atomic E-state index is 13.3. The lowest BCUT2D eigenvalue weighted by Crippen LogP contribution is -2.31. The van der Waals surface area contributed by atoms with Gasteiger partial charge in [-0.1, -0.05) is 0 Å². The average molecular weight is 416 g/mol. The lowest BCUT2D eigenvalue weighted by molar-refractivity contribution is -0.182. The summed E-state index contributed by atoms with van der Waals surface area (Å²) in [5, 5.41) is 8.98. The number of hydrogen-bond acceptors (Lipinski definition) is 5. The normalized spacial score (nSPS) is 19.7. The molecule has 0 spiro atoms. The number of rotatable bonds is 3. The largest absolute Gasteiger partial charge is 0.391 e. The minimum atomic E-state index is -4.21. The van der Waals surface area contributed by atoms with E-state index in [0.717, 1.165) is 0 Å². The highest BCUT2D eigenvalue weighted by Crippen LogP contribution is 2.42. The maximum atomic E-state index is 13.3. The molecule has 1 aliphatic carbocycles. The summed E-state index contributed by atoms with van der Waals surface area (Å²) in [5.74, 6) is -1.21. The summed E-state index contributed by atoms with van der Waals surface area (Å²) in [6, 6.07) is 4.99. The third-order valence-electron chi connectivity index (χ3n) is 5.68. The van der Waals surface area contributed by atoms with Crippen LogP contribution in [-0.2, 0) is 6.54 Å². The Kier molecular flexibility index (Phi) is 5.05. The zero-order chi connectivity index (χ0) is 21.5. The molecule has 0 bridgehead atoms. The van der Waals surface area contributed by atoms with E-state index in [9.17, 15) is 18.0 Å². The fourth-order valence-electron chi connectivity index (χ4n) is 4.03. The molecule has 1 saturated carbocycles. The van der Waals surface area contributed by atoms with Gasteiger partial charge in [-0.2, -0.15) is 18.4 Å². The number of halogens is 3. The van der Waals surface area contributed by atoms with Crippen LogP contribution >= 0.6 is 0 Å². The van der Waals surface area contributed by atoms with E-state index >= 15 is 0 Å². The molecule has 3 aromatic heterocycles. The molecule has 4 rings (SSSR count).